The van der Waals surface area contributed by atoms with E-state index < -0.39 is 23.5 Å². The van der Waals surface area contributed by atoms with Crippen LogP contribution in [0.25, 0.3) is 0 Å². The SMILES string of the molecule is F/C(Br)=C(/F)OCC(F)(F)F. The van der Waals surface area contributed by atoms with Gasteiger partial charge in [-0.3, -0.25) is 0 Å². The first-order valence-corrected chi connectivity index (χ1v) is 3.02. The van der Waals surface area contributed by atoms with Crippen molar-refractivity contribution in [3.8, 4) is 0 Å². The molecule has 0 bridgehead atoms. The van der Waals surface area contributed by atoms with Crippen molar-refractivity contribution in [2.24, 2.45) is 0 Å². The molecular weight excluding hydrogens is 239 g/mol. The summed E-state index contributed by atoms with van der Waals surface area (Å²) in [5.41, 5.74) is 0. The van der Waals surface area contributed by atoms with Crippen LogP contribution in [0.5, 0.6) is 0 Å². The minimum absolute atomic E-state index is 1.60. The van der Waals surface area contributed by atoms with Crippen LogP contribution in [0, 0.1) is 0 Å². The number of rotatable bonds is 2. The Morgan fingerprint density at radius 1 is 1.27 bits per heavy atom. The van der Waals surface area contributed by atoms with E-state index in [2.05, 4.69) is 4.74 Å². The van der Waals surface area contributed by atoms with Crippen LogP contribution < -0.4 is 0 Å². The van der Waals surface area contributed by atoms with Gasteiger partial charge < -0.3 is 4.74 Å². The van der Waals surface area contributed by atoms with E-state index in [0.29, 0.717) is 0 Å². The van der Waals surface area contributed by atoms with Gasteiger partial charge in [0.1, 0.15) is 0 Å². The summed E-state index contributed by atoms with van der Waals surface area (Å²) >= 11 is 1.95. The third kappa shape index (κ3) is 6.08. The Kier molecular flexibility index (Phi) is 3.77. The number of hydrogen-bond donors (Lipinski definition) is 0. The van der Waals surface area contributed by atoms with E-state index in [1.807, 2.05) is 15.9 Å². The standard InChI is InChI=1S/C4H2BrF5O/c5-2(6)3(7)11-1-4(8,9)10/h1H2/b3-2-. The van der Waals surface area contributed by atoms with Gasteiger partial charge in [-0.15, -0.1) is 0 Å². The van der Waals surface area contributed by atoms with E-state index in [0.717, 1.165) is 0 Å². The minimum atomic E-state index is -4.67. The van der Waals surface area contributed by atoms with Gasteiger partial charge in [-0.2, -0.15) is 22.0 Å². The summed E-state index contributed by atoms with van der Waals surface area (Å²) in [6, 6.07) is -1.91. The summed E-state index contributed by atoms with van der Waals surface area (Å²) in [6.45, 7) is -1.85. The number of halogens is 6. The van der Waals surface area contributed by atoms with Crippen molar-refractivity contribution in [2.75, 3.05) is 6.61 Å². The molecule has 0 unspecified atom stereocenters. The van der Waals surface area contributed by atoms with Crippen LogP contribution in [0.2, 0.25) is 0 Å². The number of ether oxygens (including phenoxy) is 1. The Morgan fingerprint density at radius 2 is 1.73 bits per heavy atom. The van der Waals surface area contributed by atoms with Gasteiger partial charge in [0.15, 0.2) is 6.61 Å². The molecule has 0 aliphatic heterocycles. The zero-order chi connectivity index (χ0) is 9.07. The van der Waals surface area contributed by atoms with Gasteiger partial charge in [-0.25, -0.2) is 0 Å². The lowest BCUT2D eigenvalue weighted by Crippen LogP contribution is -2.16. The van der Waals surface area contributed by atoms with Gasteiger partial charge in [0.05, 0.1) is 0 Å². The normalized spacial score (nSPS) is 14.4. The van der Waals surface area contributed by atoms with E-state index in [1.54, 1.807) is 0 Å². The fourth-order valence-electron chi connectivity index (χ4n) is 0.200. The summed E-state index contributed by atoms with van der Waals surface area (Å²) in [5, 5.41) is 0. The van der Waals surface area contributed by atoms with Crippen molar-refractivity contribution in [1.82, 2.24) is 0 Å². The summed E-state index contributed by atoms with van der Waals surface area (Å²) in [5.74, 6) is 0. The van der Waals surface area contributed by atoms with Crippen molar-refractivity contribution in [1.29, 1.82) is 0 Å². The predicted molar refractivity (Wildman–Crippen MR) is 30.2 cm³/mol. The molecule has 0 aliphatic rings. The smallest absolute Gasteiger partial charge is 0.422 e. The topological polar surface area (TPSA) is 9.23 Å². The maximum atomic E-state index is 11.8. The Labute approximate surface area is 67.0 Å². The van der Waals surface area contributed by atoms with Crippen LogP contribution in [0.15, 0.2) is 10.7 Å². The molecule has 0 saturated heterocycles. The molecule has 0 fully saturated rings. The molecule has 0 N–H and O–H groups in total. The van der Waals surface area contributed by atoms with Crippen molar-refractivity contribution >= 4 is 15.9 Å². The molecule has 0 saturated carbocycles. The summed E-state index contributed by atoms with van der Waals surface area (Å²) in [4.78, 5) is 0. The monoisotopic (exact) mass is 240 g/mol. The second-order valence-electron chi connectivity index (χ2n) is 1.44. The van der Waals surface area contributed by atoms with Gasteiger partial charge in [-0.05, 0) is 15.9 Å². The summed E-state index contributed by atoms with van der Waals surface area (Å²) < 4.78 is 58.8. The maximum Gasteiger partial charge on any atom is 0.422 e. The van der Waals surface area contributed by atoms with E-state index in [1.165, 1.54) is 0 Å². The lowest BCUT2D eigenvalue weighted by molar-refractivity contribution is -0.169. The highest BCUT2D eigenvalue weighted by Gasteiger charge is 2.29. The van der Waals surface area contributed by atoms with Crippen LogP contribution in [0.1, 0.15) is 0 Å². The Bertz CT molecular complexity index is 158. The zero-order valence-electron chi connectivity index (χ0n) is 4.88. The molecule has 0 radical (unpaired) electrons. The highest BCUT2D eigenvalue weighted by molar-refractivity contribution is 9.11. The molecule has 11 heavy (non-hydrogen) atoms. The molecule has 0 amide bonds. The summed E-state index contributed by atoms with van der Waals surface area (Å²) in [6.07, 6.45) is -4.67. The van der Waals surface area contributed by atoms with Crippen LogP contribution in [0.4, 0.5) is 22.0 Å². The molecule has 0 aromatic rings. The van der Waals surface area contributed by atoms with Crippen LogP contribution in [-0.2, 0) is 4.74 Å². The highest BCUT2D eigenvalue weighted by Crippen LogP contribution is 2.20. The third-order valence-electron chi connectivity index (χ3n) is 0.511. The first-order chi connectivity index (χ1) is 4.83. The quantitative estimate of drug-likeness (QED) is 0.533. The zero-order valence-corrected chi connectivity index (χ0v) is 6.47. The van der Waals surface area contributed by atoms with E-state index in [9.17, 15) is 22.0 Å². The molecule has 0 aliphatic carbocycles. The minimum Gasteiger partial charge on any atom is -0.459 e. The van der Waals surface area contributed by atoms with E-state index in [-0.39, 0.29) is 0 Å². The maximum absolute atomic E-state index is 11.8. The second kappa shape index (κ2) is 3.89. The fourth-order valence-corrected chi connectivity index (χ4v) is 0.314. The van der Waals surface area contributed by atoms with Crippen LogP contribution >= 0.6 is 15.9 Å². The summed E-state index contributed by atoms with van der Waals surface area (Å²) in [7, 11) is 0. The van der Waals surface area contributed by atoms with Gasteiger partial charge in [0.25, 0.3) is 0 Å². The molecule has 0 spiro atoms. The molecule has 7 heteroatoms. The van der Waals surface area contributed by atoms with Crippen molar-refractivity contribution in [3.63, 3.8) is 0 Å². The van der Waals surface area contributed by atoms with Gasteiger partial charge in [0.2, 0.25) is 4.74 Å². The second-order valence-corrected chi connectivity index (χ2v) is 2.13. The number of alkyl halides is 3. The lowest BCUT2D eigenvalue weighted by atomic mass is 10.7. The lowest BCUT2D eigenvalue weighted by Gasteiger charge is -2.05. The number of hydrogen-bond acceptors (Lipinski definition) is 1. The average molecular weight is 241 g/mol. The molecule has 1 nitrogen and oxygen atoms in total. The van der Waals surface area contributed by atoms with Crippen molar-refractivity contribution in [2.45, 2.75) is 6.18 Å². The van der Waals surface area contributed by atoms with Crippen LogP contribution in [-0.4, -0.2) is 12.8 Å². The van der Waals surface area contributed by atoms with E-state index >= 15 is 0 Å². The molecule has 0 aromatic heterocycles. The Morgan fingerprint density at radius 3 is 2.00 bits per heavy atom. The molecule has 0 rings (SSSR count). The molecule has 0 aromatic carbocycles. The Balaban J connectivity index is 3.82. The molecular formula is C4H2BrF5O. The van der Waals surface area contributed by atoms with E-state index in [4.69, 9.17) is 0 Å². The van der Waals surface area contributed by atoms with Crippen molar-refractivity contribution in [3.05, 3.63) is 10.7 Å². The molecule has 0 atom stereocenters. The fraction of sp³-hybridized carbons (Fsp3) is 0.500. The van der Waals surface area contributed by atoms with Crippen LogP contribution in [0.3, 0.4) is 0 Å². The molecule has 66 valence electrons. The van der Waals surface area contributed by atoms with Gasteiger partial charge in [-0.1, -0.05) is 0 Å². The first-order valence-electron chi connectivity index (χ1n) is 2.23. The predicted octanol–water partition coefficient (Wildman–Crippen LogP) is 3.03. The van der Waals surface area contributed by atoms with Crippen molar-refractivity contribution < 1.29 is 26.7 Å². The third-order valence-corrected chi connectivity index (χ3v) is 0.823. The van der Waals surface area contributed by atoms with Gasteiger partial charge >= 0.3 is 12.2 Å². The largest absolute Gasteiger partial charge is 0.459 e. The first kappa shape index (κ1) is 10.7. The highest BCUT2D eigenvalue weighted by atomic mass is 79.9. The average Bonchev–Trinajstić information content (AvgIpc) is 1.80. The Hall–Kier alpha value is -0.330. The van der Waals surface area contributed by atoms with Gasteiger partial charge in [0, 0.05) is 0 Å². The molecule has 0 heterocycles.